The topological polar surface area (TPSA) is 102 Å². The van der Waals surface area contributed by atoms with Gasteiger partial charge in [0.05, 0.1) is 16.3 Å². The first-order valence-corrected chi connectivity index (χ1v) is 11.7. The molecule has 1 fully saturated rings. The van der Waals surface area contributed by atoms with Crippen LogP contribution in [0.15, 0.2) is 54.9 Å². The number of benzene rings is 2. The van der Waals surface area contributed by atoms with E-state index >= 15 is 0 Å². The Morgan fingerprint density at radius 2 is 1.86 bits per heavy atom. The summed E-state index contributed by atoms with van der Waals surface area (Å²) in [7, 11) is 3.89. The van der Waals surface area contributed by atoms with Gasteiger partial charge in [-0.2, -0.15) is 8.78 Å². The minimum absolute atomic E-state index is 0.0278. The summed E-state index contributed by atoms with van der Waals surface area (Å²) in [5.41, 5.74) is 2.47. The fourth-order valence-electron chi connectivity index (χ4n) is 4.53. The number of para-hydroxylation sites is 1. The highest BCUT2D eigenvalue weighted by Crippen LogP contribution is 2.40. The highest BCUT2D eigenvalue weighted by atomic mass is 19.3. The highest BCUT2D eigenvalue weighted by molar-refractivity contribution is 5.95. The average Bonchev–Trinajstić information content (AvgIpc) is 3.22. The number of likely N-dealkylation sites (N-methyl/N-ethyl adjacent to an activating group) is 1. The summed E-state index contributed by atoms with van der Waals surface area (Å²) in [6, 6.07) is 12.1. The van der Waals surface area contributed by atoms with Crippen molar-refractivity contribution in [2.45, 2.75) is 6.61 Å². The van der Waals surface area contributed by atoms with E-state index in [1.165, 1.54) is 18.3 Å². The number of nitro benzene ring substituents is 1. The summed E-state index contributed by atoms with van der Waals surface area (Å²) in [5, 5.41) is 15.8. The van der Waals surface area contributed by atoms with Crippen molar-refractivity contribution >= 4 is 33.9 Å². The Bertz CT molecular complexity index is 1450. The number of hydrogen-bond acceptors (Lipinski definition) is 8. The quantitative estimate of drug-likeness (QED) is 0.284. The maximum absolute atomic E-state index is 13.3. The van der Waals surface area contributed by atoms with E-state index < -0.39 is 11.5 Å². The number of halogens is 2. The van der Waals surface area contributed by atoms with Crippen LogP contribution in [0.25, 0.3) is 22.2 Å². The van der Waals surface area contributed by atoms with Crippen LogP contribution in [0.1, 0.15) is 0 Å². The third kappa shape index (κ3) is 5.00. The molecule has 1 saturated heterocycles. The molecule has 0 saturated carbocycles. The van der Waals surface area contributed by atoms with E-state index in [0.717, 1.165) is 16.5 Å². The molecule has 4 aromatic rings. The smallest absolute Gasteiger partial charge is 0.387 e. The Balaban J connectivity index is 1.53. The average molecular weight is 510 g/mol. The van der Waals surface area contributed by atoms with Gasteiger partial charge in [0.25, 0.3) is 5.69 Å². The number of fused-ring (bicyclic) bond motifs is 1. The molecule has 12 heteroatoms. The van der Waals surface area contributed by atoms with Crippen molar-refractivity contribution in [1.82, 2.24) is 19.4 Å². The maximum atomic E-state index is 13.3. The molecule has 1 aliphatic heterocycles. The number of nitrogens with zero attached hydrogens (tertiary/aromatic N) is 6. The molecule has 2 aromatic heterocycles. The van der Waals surface area contributed by atoms with Gasteiger partial charge in [-0.25, -0.2) is 9.97 Å². The standard InChI is InChI=1S/C25H25F2N7O3/c1-31-9-11-33(12-10-31)21-14-23(37-24(26)27)19(13-22(21)34(35)36)30-25-28-8-7-18(29-25)17-15-32(2)20-6-4-3-5-16(17)20/h3-8,13-15,24H,9-12H2,1-2H3,(H,28,29,30). The number of aromatic nitrogens is 3. The molecule has 5 rings (SSSR count). The van der Waals surface area contributed by atoms with Crippen molar-refractivity contribution < 1.29 is 18.4 Å². The van der Waals surface area contributed by atoms with Gasteiger partial charge in [-0.15, -0.1) is 0 Å². The van der Waals surface area contributed by atoms with Crippen LogP contribution in [-0.4, -0.2) is 64.2 Å². The second-order valence-electron chi connectivity index (χ2n) is 8.82. The molecule has 0 unspecified atom stereocenters. The Hall–Kier alpha value is -4.32. The summed E-state index contributed by atoms with van der Waals surface area (Å²) in [6.45, 7) is -0.693. The molecule has 10 nitrogen and oxygen atoms in total. The van der Waals surface area contributed by atoms with Gasteiger partial charge in [-0.3, -0.25) is 10.1 Å². The predicted molar refractivity (Wildman–Crippen MR) is 137 cm³/mol. The van der Waals surface area contributed by atoms with E-state index in [9.17, 15) is 18.9 Å². The molecule has 0 aliphatic carbocycles. The molecule has 0 atom stereocenters. The summed E-state index contributed by atoms with van der Waals surface area (Å²) in [6.07, 6.45) is 3.48. The number of ether oxygens (including phenoxy) is 1. The van der Waals surface area contributed by atoms with Crippen molar-refractivity contribution in [2.24, 2.45) is 7.05 Å². The summed E-state index contributed by atoms with van der Waals surface area (Å²) < 4.78 is 33.4. The Morgan fingerprint density at radius 1 is 1.11 bits per heavy atom. The van der Waals surface area contributed by atoms with E-state index in [-0.39, 0.29) is 28.8 Å². The molecule has 3 heterocycles. The van der Waals surface area contributed by atoms with Gasteiger partial charge in [0.1, 0.15) is 5.69 Å². The zero-order valence-corrected chi connectivity index (χ0v) is 20.3. The van der Waals surface area contributed by atoms with E-state index in [2.05, 4.69) is 20.2 Å². The van der Waals surface area contributed by atoms with E-state index in [0.29, 0.717) is 31.9 Å². The Labute approximate surface area is 211 Å². The van der Waals surface area contributed by atoms with Gasteiger partial charge in [-0.05, 0) is 19.2 Å². The van der Waals surface area contributed by atoms with E-state index in [1.807, 2.05) is 49.1 Å². The summed E-state index contributed by atoms with van der Waals surface area (Å²) >= 11 is 0. The van der Waals surface area contributed by atoms with E-state index in [1.54, 1.807) is 11.0 Å². The molecule has 1 aliphatic rings. The zero-order chi connectivity index (χ0) is 26.1. The van der Waals surface area contributed by atoms with Gasteiger partial charge in [0.2, 0.25) is 5.95 Å². The third-order valence-corrected chi connectivity index (χ3v) is 6.41. The minimum atomic E-state index is -3.12. The second-order valence-corrected chi connectivity index (χ2v) is 8.82. The Morgan fingerprint density at radius 3 is 2.59 bits per heavy atom. The second kappa shape index (κ2) is 9.97. The molecule has 1 N–H and O–H groups in total. The van der Waals surface area contributed by atoms with Gasteiger partial charge in [0, 0.05) is 74.2 Å². The van der Waals surface area contributed by atoms with Crippen molar-refractivity contribution in [2.75, 3.05) is 43.4 Å². The summed E-state index contributed by atoms with van der Waals surface area (Å²) in [4.78, 5) is 24.1. The third-order valence-electron chi connectivity index (χ3n) is 6.41. The van der Waals surface area contributed by atoms with Gasteiger partial charge >= 0.3 is 6.61 Å². The largest absolute Gasteiger partial charge is 0.433 e. The number of rotatable bonds is 7. The van der Waals surface area contributed by atoms with Gasteiger partial charge < -0.3 is 24.4 Å². The van der Waals surface area contributed by atoms with Crippen LogP contribution in [0.3, 0.4) is 0 Å². The van der Waals surface area contributed by atoms with Crippen LogP contribution in [0.5, 0.6) is 5.75 Å². The number of nitrogens with one attached hydrogen (secondary N) is 1. The van der Waals surface area contributed by atoms with E-state index in [4.69, 9.17) is 4.74 Å². The highest BCUT2D eigenvalue weighted by Gasteiger charge is 2.27. The lowest BCUT2D eigenvalue weighted by molar-refractivity contribution is -0.384. The fourth-order valence-corrected chi connectivity index (χ4v) is 4.53. The number of alkyl halides is 2. The lowest BCUT2D eigenvalue weighted by atomic mass is 10.1. The lowest BCUT2D eigenvalue weighted by Gasteiger charge is -2.34. The first-order chi connectivity index (χ1) is 17.8. The first kappa shape index (κ1) is 24.4. The normalized spacial score (nSPS) is 14.4. The van der Waals surface area contributed by atoms with Crippen LogP contribution in [0.4, 0.5) is 31.8 Å². The van der Waals surface area contributed by atoms with Gasteiger partial charge in [-0.1, -0.05) is 18.2 Å². The Kier molecular flexibility index (Phi) is 6.57. The molecule has 0 radical (unpaired) electrons. The van der Waals surface area contributed by atoms with Crippen LogP contribution in [0.2, 0.25) is 0 Å². The van der Waals surface area contributed by atoms with Crippen LogP contribution in [0, 0.1) is 10.1 Å². The van der Waals surface area contributed by atoms with Crippen LogP contribution < -0.4 is 15.0 Å². The predicted octanol–water partition coefficient (Wildman–Crippen LogP) is 4.64. The molecule has 0 spiro atoms. The van der Waals surface area contributed by atoms with Crippen molar-refractivity contribution in [3.63, 3.8) is 0 Å². The monoisotopic (exact) mass is 509 g/mol. The molecule has 37 heavy (non-hydrogen) atoms. The summed E-state index contributed by atoms with van der Waals surface area (Å²) in [5.74, 6) is -0.139. The molecule has 192 valence electrons. The molecule has 2 aromatic carbocycles. The van der Waals surface area contributed by atoms with Crippen molar-refractivity contribution in [3.05, 3.63) is 65.0 Å². The first-order valence-electron chi connectivity index (χ1n) is 11.7. The SMILES string of the molecule is CN1CCN(c2cc(OC(F)F)c(Nc3nccc(-c4cn(C)c5ccccc45)n3)cc2[N+](=O)[O-])CC1. The lowest BCUT2D eigenvalue weighted by Crippen LogP contribution is -2.44. The number of piperazine rings is 1. The van der Waals surface area contributed by atoms with Crippen molar-refractivity contribution in [1.29, 1.82) is 0 Å². The maximum Gasteiger partial charge on any atom is 0.387 e. The fraction of sp³-hybridized carbons (Fsp3) is 0.280. The number of hydrogen-bond donors (Lipinski definition) is 1. The molecular formula is C25H25F2N7O3. The van der Waals surface area contributed by atoms with Crippen LogP contribution in [-0.2, 0) is 7.05 Å². The minimum Gasteiger partial charge on any atom is -0.433 e. The number of anilines is 3. The van der Waals surface area contributed by atoms with Gasteiger partial charge in [0.15, 0.2) is 5.75 Å². The molecule has 0 amide bonds. The molecular weight excluding hydrogens is 484 g/mol. The number of aryl methyl sites for hydroxylation is 1. The van der Waals surface area contributed by atoms with Crippen molar-refractivity contribution in [3.8, 4) is 17.0 Å². The zero-order valence-electron chi connectivity index (χ0n) is 20.3. The van der Waals surface area contributed by atoms with Crippen LogP contribution >= 0.6 is 0 Å². The number of nitro groups is 1. The molecule has 0 bridgehead atoms.